The molecule has 7 unspecified atom stereocenters. The highest BCUT2D eigenvalue weighted by molar-refractivity contribution is 7.80. The minimum Gasteiger partial charge on any atom is -0.394 e. The number of fused-ring (bicyclic) bond motifs is 1. The molecule has 0 saturated heterocycles. The lowest BCUT2D eigenvalue weighted by Gasteiger charge is -2.28. The average Bonchev–Trinajstić information content (AvgIpc) is 3.66. The van der Waals surface area contributed by atoms with Gasteiger partial charge in [-0.15, -0.1) is 0 Å². The molecule has 7 amide bonds. The SMILES string of the molecule is CC(O)C(NC(=O)C(CCCCN)NC(=O)C(Cc1c[nH]c2ccccc12)NC(=O)C(Cc1ccccc1)NC(=O)C(CS)NC=O)C(=O)NC(CS)C(=O)N[C@H](CO)[C@@H](C)O. The summed E-state index contributed by atoms with van der Waals surface area (Å²) in [6.45, 7) is 2.27. The first-order chi connectivity index (χ1) is 29.7. The number of H-pyrrole nitrogens is 1. The van der Waals surface area contributed by atoms with Gasteiger partial charge < -0.3 is 63.3 Å². The Morgan fingerprint density at radius 3 is 1.81 bits per heavy atom. The Balaban J connectivity index is 1.94. The monoisotopic (exact) mass is 901 g/mol. The van der Waals surface area contributed by atoms with Crippen molar-refractivity contribution >= 4 is 78.0 Å². The molecular weight excluding hydrogens is 843 g/mol. The Kier molecular flexibility index (Phi) is 21.7. The molecule has 1 aromatic heterocycles. The number of hydrogen-bond acceptors (Lipinski definition) is 13. The van der Waals surface area contributed by atoms with Gasteiger partial charge in [0.15, 0.2) is 0 Å². The van der Waals surface area contributed by atoms with Gasteiger partial charge in [0.1, 0.15) is 36.3 Å². The molecule has 0 aliphatic carbocycles. The summed E-state index contributed by atoms with van der Waals surface area (Å²) >= 11 is 8.27. The molecular formula is C41H59N9O10S2. The smallest absolute Gasteiger partial charge is 0.245 e. The molecule has 62 heavy (non-hydrogen) atoms. The van der Waals surface area contributed by atoms with Crippen LogP contribution in [-0.4, -0.2) is 141 Å². The fraction of sp³-hybridized carbons (Fsp3) is 0.488. The predicted octanol–water partition coefficient (Wildman–Crippen LogP) is -2.28. The maximum absolute atomic E-state index is 14.4. The van der Waals surface area contributed by atoms with Crippen LogP contribution < -0.4 is 43.0 Å². The summed E-state index contributed by atoms with van der Waals surface area (Å²) < 4.78 is 0. The second-order valence-corrected chi connectivity index (χ2v) is 15.5. The number of carbonyl (C=O) groups excluding carboxylic acids is 7. The van der Waals surface area contributed by atoms with E-state index in [1.54, 1.807) is 36.5 Å². The van der Waals surface area contributed by atoms with Crippen LogP contribution in [-0.2, 0) is 46.4 Å². The Bertz CT molecular complexity index is 1940. The number of hydrogen-bond donors (Lipinski definition) is 14. The minimum absolute atomic E-state index is 0.00540. The van der Waals surface area contributed by atoms with Gasteiger partial charge in [-0.1, -0.05) is 48.5 Å². The first-order valence-electron chi connectivity index (χ1n) is 20.2. The molecule has 0 radical (unpaired) electrons. The summed E-state index contributed by atoms with van der Waals surface area (Å²) in [6.07, 6.45) is 0.183. The first kappa shape index (κ1) is 51.2. The number of unbranched alkanes of at least 4 members (excludes halogenated alkanes) is 1. The van der Waals surface area contributed by atoms with Crippen LogP contribution in [0.3, 0.4) is 0 Å². The van der Waals surface area contributed by atoms with E-state index in [2.05, 4.69) is 67.5 Å². The van der Waals surface area contributed by atoms with E-state index in [1.807, 2.05) is 24.3 Å². The Hall–Kier alpha value is -5.19. The van der Waals surface area contributed by atoms with Gasteiger partial charge in [0.05, 0.1) is 24.9 Å². The third-order valence-electron chi connectivity index (χ3n) is 9.98. The number of aliphatic hydroxyl groups is 3. The molecule has 13 N–H and O–H groups in total. The Morgan fingerprint density at radius 2 is 1.23 bits per heavy atom. The van der Waals surface area contributed by atoms with Crippen LogP contribution >= 0.6 is 25.3 Å². The van der Waals surface area contributed by atoms with Crippen molar-refractivity contribution < 1.29 is 48.9 Å². The normalized spacial score (nSPS) is 15.5. The van der Waals surface area contributed by atoms with Crippen molar-refractivity contribution in [2.24, 2.45) is 5.73 Å². The van der Waals surface area contributed by atoms with Crippen molar-refractivity contribution in [2.45, 2.75) is 100 Å². The van der Waals surface area contributed by atoms with E-state index in [4.69, 9.17) is 5.73 Å². The molecule has 21 heteroatoms. The van der Waals surface area contributed by atoms with Crippen LogP contribution in [0, 0.1) is 0 Å². The fourth-order valence-corrected chi connectivity index (χ4v) is 6.91. The van der Waals surface area contributed by atoms with Gasteiger partial charge in [-0.25, -0.2) is 0 Å². The van der Waals surface area contributed by atoms with Crippen molar-refractivity contribution in [3.8, 4) is 0 Å². The largest absolute Gasteiger partial charge is 0.394 e. The van der Waals surface area contributed by atoms with E-state index in [-0.39, 0.29) is 37.3 Å². The molecule has 0 aliphatic heterocycles. The molecule has 0 fully saturated rings. The zero-order valence-corrected chi connectivity index (χ0v) is 36.4. The quantitative estimate of drug-likeness (QED) is 0.0220. The third-order valence-corrected chi connectivity index (χ3v) is 10.7. The number of para-hydroxylation sites is 1. The van der Waals surface area contributed by atoms with Crippen molar-refractivity contribution in [1.29, 1.82) is 0 Å². The molecule has 0 aliphatic rings. The van der Waals surface area contributed by atoms with Crippen LogP contribution in [0.25, 0.3) is 10.9 Å². The van der Waals surface area contributed by atoms with E-state index >= 15 is 0 Å². The van der Waals surface area contributed by atoms with Gasteiger partial charge in [0, 0.05) is 41.4 Å². The topological polar surface area (TPSA) is 306 Å². The van der Waals surface area contributed by atoms with E-state index in [0.717, 1.165) is 10.9 Å². The number of nitrogens with one attached hydrogen (secondary N) is 8. The lowest BCUT2D eigenvalue weighted by molar-refractivity contribution is -0.136. The third kappa shape index (κ3) is 15.6. The number of benzene rings is 2. The maximum atomic E-state index is 14.4. The highest BCUT2D eigenvalue weighted by Gasteiger charge is 2.35. The van der Waals surface area contributed by atoms with Crippen LogP contribution in [0.2, 0.25) is 0 Å². The number of rotatable bonds is 27. The molecule has 3 rings (SSSR count). The second-order valence-electron chi connectivity index (χ2n) is 14.7. The molecule has 0 spiro atoms. The summed E-state index contributed by atoms with van der Waals surface area (Å²) in [6, 6.07) is 7.17. The van der Waals surface area contributed by atoms with Crippen molar-refractivity contribution in [3.05, 3.63) is 71.9 Å². The van der Waals surface area contributed by atoms with Gasteiger partial charge in [-0.05, 0) is 56.8 Å². The molecule has 340 valence electrons. The Labute approximate surface area is 370 Å². The van der Waals surface area contributed by atoms with Gasteiger partial charge in [-0.3, -0.25) is 33.6 Å². The van der Waals surface area contributed by atoms with Crippen LogP contribution in [0.15, 0.2) is 60.8 Å². The maximum Gasteiger partial charge on any atom is 0.245 e. The molecule has 3 aromatic rings. The van der Waals surface area contributed by atoms with Gasteiger partial charge in [0.2, 0.25) is 41.9 Å². The highest BCUT2D eigenvalue weighted by atomic mass is 32.1. The summed E-state index contributed by atoms with van der Waals surface area (Å²) in [4.78, 5) is 96.5. The zero-order valence-electron chi connectivity index (χ0n) is 34.6. The molecule has 19 nitrogen and oxygen atoms in total. The number of aromatic amines is 1. The average molecular weight is 902 g/mol. The minimum atomic E-state index is -1.63. The number of nitrogens with two attached hydrogens (primary N) is 1. The lowest BCUT2D eigenvalue weighted by atomic mass is 10.0. The molecule has 2 aromatic carbocycles. The van der Waals surface area contributed by atoms with Gasteiger partial charge in [0.25, 0.3) is 0 Å². The van der Waals surface area contributed by atoms with E-state index < -0.39 is 96.6 Å². The zero-order chi connectivity index (χ0) is 45.8. The van der Waals surface area contributed by atoms with Crippen LogP contribution in [0.5, 0.6) is 0 Å². The van der Waals surface area contributed by atoms with E-state index in [9.17, 15) is 48.9 Å². The molecule has 0 bridgehead atoms. The van der Waals surface area contributed by atoms with Crippen LogP contribution in [0.4, 0.5) is 0 Å². The van der Waals surface area contributed by atoms with Gasteiger partial charge in [-0.2, -0.15) is 25.3 Å². The summed E-state index contributed by atoms with van der Waals surface area (Å²) in [7, 11) is 0. The fourth-order valence-electron chi connectivity index (χ4n) is 6.38. The van der Waals surface area contributed by atoms with E-state index in [1.165, 1.54) is 13.8 Å². The number of aliphatic hydroxyl groups excluding tert-OH is 3. The molecule has 1 heterocycles. The summed E-state index contributed by atoms with van der Waals surface area (Å²) in [5.74, 6) is -5.15. The molecule has 9 atom stereocenters. The number of amides is 7. The second kappa shape index (κ2) is 26.3. The molecule has 0 saturated carbocycles. The standard InChI is InChI=1S/C41H59N9O10S2/c1-23(53)32(19-51)48-40(59)34(21-62)49-41(60)35(24(2)54)50-36(55)29(14-8-9-15-42)45-38(57)31(17-26-18-43-28-13-7-6-12-27(26)28)47-37(56)30(16-25-10-4-3-5-11-25)46-39(58)33(20-61)44-22-52/h3-7,10-13,18,22-24,29-35,43,51,53-54,61-62H,8-9,14-17,19-21,42H2,1-2H3,(H,44,52)(H,45,57)(H,46,58)(H,47,56)(H,48,59)(H,49,60)(H,50,55)/t23-,24?,29?,30?,31?,32-,33?,34?,35?/m1/s1. The number of aromatic nitrogens is 1. The Morgan fingerprint density at radius 1 is 0.677 bits per heavy atom. The van der Waals surface area contributed by atoms with Crippen molar-refractivity contribution in [1.82, 2.24) is 42.2 Å². The van der Waals surface area contributed by atoms with Crippen molar-refractivity contribution in [3.63, 3.8) is 0 Å². The summed E-state index contributed by atoms with van der Waals surface area (Å²) in [5.41, 5.74) is 7.82. The number of carbonyl (C=O) groups is 7. The first-order valence-corrected chi connectivity index (χ1v) is 21.4. The van der Waals surface area contributed by atoms with Gasteiger partial charge >= 0.3 is 0 Å². The van der Waals surface area contributed by atoms with E-state index in [0.29, 0.717) is 30.4 Å². The predicted molar refractivity (Wildman–Crippen MR) is 238 cm³/mol. The highest BCUT2D eigenvalue weighted by Crippen LogP contribution is 2.20. The number of thiol groups is 2. The summed E-state index contributed by atoms with van der Waals surface area (Å²) in [5, 5.41) is 48.5. The lowest BCUT2D eigenvalue weighted by Crippen LogP contribution is -2.62. The van der Waals surface area contributed by atoms with Crippen LogP contribution in [0.1, 0.15) is 44.2 Å². The van der Waals surface area contributed by atoms with Crippen molar-refractivity contribution in [2.75, 3.05) is 24.7 Å².